The van der Waals surface area contributed by atoms with Crippen LogP contribution >= 0.6 is 0 Å². The predicted molar refractivity (Wildman–Crippen MR) is 102 cm³/mol. The largest absolute Gasteiger partial charge is 1.00 e. The highest BCUT2D eigenvalue weighted by Gasteiger charge is 2.95. The molecule has 0 aliphatic carbocycles. The lowest BCUT2D eigenvalue weighted by Gasteiger charge is -2.43. The quantitative estimate of drug-likeness (QED) is 0.116. The zero-order chi connectivity index (χ0) is 38.7. The molecule has 0 spiro atoms. The summed E-state index contributed by atoms with van der Waals surface area (Å²) < 4.78 is 341. The highest BCUT2D eigenvalue weighted by molar-refractivity contribution is 5.15. The van der Waals surface area contributed by atoms with Gasteiger partial charge < -0.3 is 16.9 Å². The summed E-state index contributed by atoms with van der Waals surface area (Å²) in [5, 5.41) is 0. The number of alkyl halides is 26. The molecule has 0 fully saturated rings. The molecule has 0 heterocycles. The van der Waals surface area contributed by atoms with Crippen molar-refractivity contribution in [2.24, 2.45) is 0 Å². The molecule has 28 heteroatoms. The first-order valence-electron chi connectivity index (χ1n) is 11.6. The number of rotatable bonds is 16. The Morgan fingerprint density at radius 2 is 0.500 bits per heavy atom. The first-order chi connectivity index (χ1) is 19.9. The third kappa shape index (κ3) is 7.68. The Hall–Kier alpha value is -1.57. The molecular formula is C20H18ClF26N. The predicted octanol–water partition coefficient (Wildman–Crippen LogP) is 7.10. The van der Waals surface area contributed by atoms with Gasteiger partial charge in [-0.1, -0.05) is 0 Å². The van der Waals surface area contributed by atoms with Crippen LogP contribution in [0.25, 0.3) is 0 Å². The third-order valence-electron chi connectivity index (χ3n) is 6.51. The lowest BCUT2D eigenvalue weighted by molar-refractivity contribution is -0.891. The van der Waals surface area contributed by atoms with Gasteiger partial charge in [-0.25, -0.2) is 0 Å². The van der Waals surface area contributed by atoms with E-state index in [0.29, 0.717) is 14.1 Å². The van der Waals surface area contributed by atoms with Crippen LogP contribution < -0.4 is 12.4 Å². The van der Waals surface area contributed by atoms with Gasteiger partial charge in [-0.05, 0) is 0 Å². The van der Waals surface area contributed by atoms with Gasteiger partial charge in [0.05, 0.1) is 27.2 Å². The summed E-state index contributed by atoms with van der Waals surface area (Å²) in [6.45, 7) is -2.38. The fourth-order valence-corrected chi connectivity index (χ4v) is 3.49. The number of nitrogens with zero attached hydrogens (tertiary/aromatic N) is 1. The number of hydrogen-bond donors (Lipinski definition) is 0. The van der Waals surface area contributed by atoms with Gasteiger partial charge in [0, 0.05) is 25.7 Å². The van der Waals surface area contributed by atoms with Crippen molar-refractivity contribution in [1.82, 2.24) is 0 Å². The monoisotopic (exact) mass is 801 g/mol. The number of hydrogen-bond acceptors (Lipinski definition) is 0. The maximum Gasteiger partial charge on any atom is 0.460 e. The summed E-state index contributed by atoms with van der Waals surface area (Å²) in [5.41, 5.74) is 0. The second-order valence-corrected chi connectivity index (χ2v) is 10.6. The minimum absolute atomic E-state index is 0. The van der Waals surface area contributed by atoms with E-state index in [2.05, 4.69) is 0 Å². The van der Waals surface area contributed by atoms with Crippen LogP contribution in [0, 0.1) is 0 Å². The third-order valence-corrected chi connectivity index (χ3v) is 6.51. The molecule has 0 aliphatic heterocycles. The molecule has 0 atom stereocenters. The summed E-state index contributed by atoms with van der Waals surface area (Å²) in [5.74, 6) is -78.4. The van der Waals surface area contributed by atoms with Crippen molar-refractivity contribution in [3.8, 4) is 0 Å². The topological polar surface area (TPSA) is 0 Å². The molecule has 48 heavy (non-hydrogen) atoms. The Kier molecular flexibility index (Phi) is 13.3. The van der Waals surface area contributed by atoms with Crippen molar-refractivity contribution < 1.29 is 131 Å². The normalized spacial score (nSPS) is 16.2. The minimum Gasteiger partial charge on any atom is -1.00 e. The van der Waals surface area contributed by atoms with Crippen LogP contribution in [-0.2, 0) is 0 Å². The molecule has 0 bridgehead atoms. The van der Waals surface area contributed by atoms with Crippen LogP contribution in [0.2, 0.25) is 0 Å². The molecule has 0 rings (SSSR count). The van der Waals surface area contributed by atoms with E-state index in [1.54, 1.807) is 0 Å². The smallest absolute Gasteiger partial charge is 0.460 e. The lowest BCUT2D eigenvalue weighted by atomic mass is 9.88. The molecule has 0 aromatic carbocycles. The maximum absolute atomic E-state index is 14.0. The van der Waals surface area contributed by atoms with Crippen LogP contribution in [0.3, 0.4) is 0 Å². The molecule has 292 valence electrons. The van der Waals surface area contributed by atoms with E-state index in [4.69, 9.17) is 0 Å². The van der Waals surface area contributed by atoms with Crippen LogP contribution in [0.4, 0.5) is 114 Å². The van der Waals surface area contributed by atoms with E-state index in [1.807, 2.05) is 0 Å². The van der Waals surface area contributed by atoms with E-state index in [-0.39, 0.29) is 12.4 Å². The first-order valence-corrected chi connectivity index (χ1v) is 11.6. The van der Waals surface area contributed by atoms with Gasteiger partial charge in [0.25, 0.3) is 0 Å². The van der Waals surface area contributed by atoms with Crippen molar-refractivity contribution in [2.45, 2.75) is 97.3 Å². The van der Waals surface area contributed by atoms with Crippen molar-refractivity contribution in [2.75, 3.05) is 27.2 Å². The molecule has 0 aromatic heterocycles. The van der Waals surface area contributed by atoms with Gasteiger partial charge in [0.1, 0.15) is 0 Å². The summed E-state index contributed by atoms with van der Waals surface area (Å²) in [4.78, 5) is 0. The van der Waals surface area contributed by atoms with Gasteiger partial charge in [-0.3, -0.25) is 0 Å². The lowest BCUT2D eigenvalue weighted by Crippen LogP contribution is -3.00. The molecule has 0 aromatic rings. The molecule has 0 amide bonds. The Bertz CT molecular complexity index is 1070. The second-order valence-electron chi connectivity index (χ2n) is 10.6. The zero-order valence-corrected chi connectivity index (χ0v) is 23.7. The number of quaternary nitrogens is 1. The Labute approximate surface area is 256 Å². The Morgan fingerprint density at radius 3 is 0.750 bits per heavy atom. The molecule has 1 nitrogen and oxygen atoms in total. The molecular weight excluding hydrogens is 784 g/mol. The molecule has 0 saturated carbocycles. The van der Waals surface area contributed by atoms with Gasteiger partial charge in [0.15, 0.2) is 0 Å². The second kappa shape index (κ2) is 13.2. The highest BCUT2D eigenvalue weighted by Crippen LogP contribution is 2.64. The van der Waals surface area contributed by atoms with Crippen LogP contribution in [-0.4, -0.2) is 103 Å². The van der Waals surface area contributed by atoms with E-state index in [0.717, 1.165) is 0 Å². The number of halogens is 27. The van der Waals surface area contributed by atoms with Crippen LogP contribution in [0.15, 0.2) is 0 Å². The summed E-state index contributed by atoms with van der Waals surface area (Å²) >= 11 is 0. The van der Waals surface area contributed by atoms with Crippen molar-refractivity contribution in [3.05, 3.63) is 0 Å². The Morgan fingerprint density at radius 1 is 0.312 bits per heavy atom. The van der Waals surface area contributed by atoms with Crippen molar-refractivity contribution in [3.63, 3.8) is 0 Å². The minimum atomic E-state index is -8.83. The standard InChI is InChI=1S/C20H18F26N.ClH/c1-47(2,8-4-6-10(23,24)12(27,28)17(37,38)19(41,42)43)7-3-5-9(21,22)11(25,26)13(29,30)14(31,32)15(33,34)16(35,36)18(39,40)20(44,45)46;/h3-8H2,1-2H3;1H/q+1;/p-1. The molecule has 0 radical (unpaired) electrons. The van der Waals surface area contributed by atoms with Crippen molar-refractivity contribution >= 4 is 0 Å². The van der Waals surface area contributed by atoms with E-state index in [1.165, 1.54) is 0 Å². The highest BCUT2D eigenvalue weighted by atomic mass is 35.5. The molecule has 0 N–H and O–H groups in total. The summed E-state index contributed by atoms with van der Waals surface area (Å²) in [6, 6.07) is 0. The van der Waals surface area contributed by atoms with Crippen LogP contribution in [0.5, 0.6) is 0 Å². The van der Waals surface area contributed by atoms with Gasteiger partial charge in [-0.15, -0.1) is 0 Å². The molecule has 0 unspecified atom stereocenters. The maximum atomic E-state index is 14.0. The van der Waals surface area contributed by atoms with E-state index < -0.39 is 115 Å². The van der Waals surface area contributed by atoms with Gasteiger partial charge in [-0.2, -0.15) is 114 Å². The molecule has 0 aliphatic rings. The van der Waals surface area contributed by atoms with Gasteiger partial charge >= 0.3 is 71.6 Å². The van der Waals surface area contributed by atoms with Crippen molar-refractivity contribution in [1.29, 1.82) is 0 Å². The fraction of sp³-hybridized carbons (Fsp3) is 1.00. The average Bonchev–Trinajstić information content (AvgIpc) is 2.80. The fourth-order valence-electron chi connectivity index (χ4n) is 3.49. The van der Waals surface area contributed by atoms with E-state index >= 15 is 0 Å². The average molecular weight is 802 g/mol. The SMILES string of the molecule is C[N+](C)(CCCC(F)(F)C(F)(F)C(F)(F)C(F)(F)F)CCCC(F)(F)C(F)(F)C(F)(F)C(F)(F)C(F)(F)C(F)(F)C(F)(F)C(F)(F)F.[Cl-]. The molecule has 0 saturated heterocycles. The summed E-state index contributed by atoms with van der Waals surface area (Å²) in [6.07, 6.45) is -23.7. The van der Waals surface area contributed by atoms with Crippen LogP contribution in [0.1, 0.15) is 25.7 Å². The Balaban J connectivity index is 0. The first kappa shape index (κ1) is 48.5. The van der Waals surface area contributed by atoms with Gasteiger partial charge in [0.2, 0.25) is 0 Å². The zero-order valence-electron chi connectivity index (χ0n) is 22.9. The van der Waals surface area contributed by atoms with E-state index in [9.17, 15) is 114 Å². The summed E-state index contributed by atoms with van der Waals surface area (Å²) in [7, 11) is 1.34.